The van der Waals surface area contributed by atoms with Gasteiger partial charge < -0.3 is 5.32 Å². The molecule has 1 N–H and O–H groups in total. The minimum atomic E-state index is 0.824. The van der Waals surface area contributed by atoms with E-state index in [-0.39, 0.29) is 0 Å². The molecular formula is C15H22BrN. The lowest BCUT2D eigenvalue weighted by molar-refractivity contribution is 0.469. The first-order valence-corrected chi connectivity index (χ1v) is 7.51. The Morgan fingerprint density at radius 1 is 1.24 bits per heavy atom. The predicted molar refractivity (Wildman–Crippen MR) is 77.3 cm³/mol. The molecule has 1 aromatic carbocycles. The Morgan fingerprint density at radius 3 is 2.59 bits per heavy atom. The van der Waals surface area contributed by atoms with Crippen LogP contribution < -0.4 is 5.32 Å². The highest BCUT2D eigenvalue weighted by atomic mass is 79.9. The van der Waals surface area contributed by atoms with Crippen molar-refractivity contribution in [2.24, 2.45) is 5.92 Å². The van der Waals surface area contributed by atoms with Gasteiger partial charge in [-0.15, -0.1) is 0 Å². The maximum Gasteiger partial charge on any atom is 0.0175 e. The van der Waals surface area contributed by atoms with Crippen LogP contribution >= 0.6 is 15.9 Å². The summed E-state index contributed by atoms with van der Waals surface area (Å²) in [6.07, 6.45) is 6.61. The van der Waals surface area contributed by atoms with E-state index in [1.165, 1.54) is 48.7 Å². The number of hydrogen-bond acceptors (Lipinski definition) is 1. The highest BCUT2D eigenvalue weighted by molar-refractivity contribution is 9.10. The fourth-order valence-corrected chi connectivity index (χ4v) is 2.29. The summed E-state index contributed by atoms with van der Waals surface area (Å²) >= 11 is 3.47. The molecule has 0 spiro atoms. The molecule has 1 unspecified atom stereocenters. The zero-order valence-electron chi connectivity index (χ0n) is 10.6. The molecule has 17 heavy (non-hydrogen) atoms. The summed E-state index contributed by atoms with van der Waals surface area (Å²) in [4.78, 5) is 0. The maximum atomic E-state index is 3.59. The molecule has 1 aromatic rings. The minimum Gasteiger partial charge on any atom is -0.314 e. The maximum absolute atomic E-state index is 3.59. The van der Waals surface area contributed by atoms with Crippen molar-refractivity contribution in [3.05, 3.63) is 34.3 Å². The molecule has 1 aliphatic carbocycles. The third-order valence-corrected chi connectivity index (χ3v) is 4.02. The zero-order valence-corrected chi connectivity index (χ0v) is 12.2. The normalized spacial score (nSPS) is 17.1. The molecule has 0 amide bonds. The van der Waals surface area contributed by atoms with E-state index in [0.717, 1.165) is 12.0 Å². The molecule has 2 heteroatoms. The Labute approximate surface area is 113 Å². The van der Waals surface area contributed by atoms with Crippen molar-refractivity contribution < 1.29 is 0 Å². The Balaban J connectivity index is 1.60. The zero-order chi connectivity index (χ0) is 12.1. The van der Waals surface area contributed by atoms with Crippen molar-refractivity contribution in [3.63, 3.8) is 0 Å². The van der Waals surface area contributed by atoms with Gasteiger partial charge in [-0.3, -0.25) is 0 Å². The van der Waals surface area contributed by atoms with Crippen LogP contribution in [0.15, 0.2) is 28.7 Å². The molecule has 0 saturated heterocycles. The lowest BCUT2D eigenvalue weighted by atomic mass is 9.98. The van der Waals surface area contributed by atoms with Gasteiger partial charge in [-0.25, -0.2) is 0 Å². The molecule has 0 bridgehead atoms. The van der Waals surface area contributed by atoms with Gasteiger partial charge >= 0.3 is 0 Å². The van der Waals surface area contributed by atoms with Crippen molar-refractivity contribution >= 4 is 15.9 Å². The average Bonchev–Trinajstić information content (AvgIpc) is 3.12. The van der Waals surface area contributed by atoms with E-state index in [2.05, 4.69) is 52.4 Å². The van der Waals surface area contributed by atoms with Gasteiger partial charge in [0.15, 0.2) is 0 Å². The second-order valence-electron chi connectivity index (χ2n) is 5.29. The number of hydrogen-bond donors (Lipinski definition) is 1. The van der Waals surface area contributed by atoms with Crippen LogP contribution in [0.5, 0.6) is 0 Å². The number of aryl methyl sites for hydroxylation is 1. The summed E-state index contributed by atoms with van der Waals surface area (Å²) in [5.74, 6) is 0.824. The van der Waals surface area contributed by atoms with E-state index in [1.54, 1.807) is 0 Å². The van der Waals surface area contributed by atoms with E-state index in [0.29, 0.717) is 0 Å². The standard InChI is InChI=1S/C15H22BrN/c1-12(10-11-17-15-8-9-15)2-3-13-4-6-14(16)7-5-13/h4-7,12,15,17H,2-3,8-11H2,1H3. The molecule has 2 rings (SSSR count). The van der Waals surface area contributed by atoms with Gasteiger partial charge in [0, 0.05) is 10.5 Å². The highest BCUT2D eigenvalue weighted by Gasteiger charge is 2.19. The van der Waals surface area contributed by atoms with Crippen LogP contribution in [-0.4, -0.2) is 12.6 Å². The average molecular weight is 296 g/mol. The van der Waals surface area contributed by atoms with Crippen LogP contribution in [0.4, 0.5) is 0 Å². The summed E-state index contributed by atoms with van der Waals surface area (Å²) in [7, 11) is 0. The summed E-state index contributed by atoms with van der Waals surface area (Å²) in [5, 5.41) is 3.59. The van der Waals surface area contributed by atoms with Crippen LogP contribution in [0.2, 0.25) is 0 Å². The Morgan fingerprint density at radius 2 is 1.94 bits per heavy atom. The Hall–Kier alpha value is -0.340. The largest absolute Gasteiger partial charge is 0.314 e. The van der Waals surface area contributed by atoms with Crippen LogP contribution in [0.3, 0.4) is 0 Å². The van der Waals surface area contributed by atoms with E-state index in [4.69, 9.17) is 0 Å². The molecule has 1 nitrogen and oxygen atoms in total. The SMILES string of the molecule is CC(CCNC1CC1)CCc1ccc(Br)cc1. The number of halogens is 1. The van der Waals surface area contributed by atoms with Crippen molar-refractivity contribution in [2.75, 3.05) is 6.54 Å². The lowest BCUT2D eigenvalue weighted by Crippen LogP contribution is -2.19. The first-order chi connectivity index (χ1) is 8.24. The molecular weight excluding hydrogens is 274 g/mol. The predicted octanol–water partition coefficient (Wildman–Crippen LogP) is 4.16. The van der Waals surface area contributed by atoms with Gasteiger partial charge in [-0.2, -0.15) is 0 Å². The molecule has 0 aromatic heterocycles. The Bertz CT molecular complexity index is 329. The summed E-state index contributed by atoms with van der Waals surface area (Å²) < 4.78 is 1.17. The second kappa shape index (κ2) is 6.55. The monoisotopic (exact) mass is 295 g/mol. The van der Waals surface area contributed by atoms with Gasteiger partial charge in [0.1, 0.15) is 0 Å². The number of benzene rings is 1. The fraction of sp³-hybridized carbons (Fsp3) is 0.600. The number of nitrogens with one attached hydrogen (secondary N) is 1. The summed E-state index contributed by atoms with van der Waals surface area (Å²) in [6, 6.07) is 9.57. The minimum absolute atomic E-state index is 0.824. The van der Waals surface area contributed by atoms with E-state index < -0.39 is 0 Å². The molecule has 0 radical (unpaired) electrons. The van der Waals surface area contributed by atoms with Crippen LogP contribution in [0.25, 0.3) is 0 Å². The molecule has 1 atom stereocenters. The van der Waals surface area contributed by atoms with Gasteiger partial charge in [-0.1, -0.05) is 35.0 Å². The molecule has 0 aliphatic heterocycles. The van der Waals surface area contributed by atoms with Crippen molar-refractivity contribution in [2.45, 2.75) is 45.1 Å². The highest BCUT2D eigenvalue weighted by Crippen LogP contribution is 2.19. The molecule has 1 saturated carbocycles. The molecule has 1 aliphatic rings. The first kappa shape index (κ1) is 13.1. The summed E-state index contributed by atoms with van der Waals surface area (Å²) in [5.41, 5.74) is 1.45. The van der Waals surface area contributed by atoms with E-state index in [9.17, 15) is 0 Å². The quantitative estimate of drug-likeness (QED) is 0.796. The second-order valence-corrected chi connectivity index (χ2v) is 6.20. The van der Waals surface area contributed by atoms with Gasteiger partial charge in [-0.05, 0) is 62.3 Å². The molecule has 1 fully saturated rings. The van der Waals surface area contributed by atoms with Crippen molar-refractivity contribution in [3.8, 4) is 0 Å². The third kappa shape index (κ3) is 5.22. The lowest BCUT2D eigenvalue weighted by Gasteiger charge is -2.11. The van der Waals surface area contributed by atoms with Gasteiger partial charge in [0.05, 0.1) is 0 Å². The third-order valence-electron chi connectivity index (χ3n) is 3.49. The van der Waals surface area contributed by atoms with Crippen LogP contribution in [-0.2, 0) is 6.42 Å². The van der Waals surface area contributed by atoms with Crippen molar-refractivity contribution in [1.29, 1.82) is 0 Å². The van der Waals surface area contributed by atoms with Crippen molar-refractivity contribution in [1.82, 2.24) is 5.32 Å². The topological polar surface area (TPSA) is 12.0 Å². The van der Waals surface area contributed by atoms with Crippen LogP contribution in [0.1, 0.15) is 38.2 Å². The van der Waals surface area contributed by atoms with Crippen LogP contribution in [0, 0.1) is 5.92 Å². The fourth-order valence-electron chi connectivity index (χ4n) is 2.03. The first-order valence-electron chi connectivity index (χ1n) is 6.72. The molecule has 0 heterocycles. The van der Waals surface area contributed by atoms with Gasteiger partial charge in [0.25, 0.3) is 0 Å². The number of rotatable bonds is 7. The Kier molecular flexibility index (Phi) is 5.05. The summed E-state index contributed by atoms with van der Waals surface area (Å²) in [6.45, 7) is 3.57. The smallest absolute Gasteiger partial charge is 0.0175 e. The molecule has 94 valence electrons. The van der Waals surface area contributed by atoms with Gasteiger partial charge in [0.2, 0.25) is 0 Å². The van der Waals surface area contributed by atoms with E-state index >= 15 is 0 Å². The van der Waals surface area contributed by atoms with E-state index in [1.807, 2.05) is 0 Å².